The van der Waals surface area contributed by atoms with Gasteiger partial charge in [0.25, 0.3) is 0 Å². The van der Waals surface area contributed by atoms with Crippen molar-refractivity contribution in [1.82, 2.24) is 5.32 Å². The summed E-state index contributed by atoms with van der Waals surface area (Å²) in [6.45, 7) is 4.08. The number of methoxy groups -OCH3 is 1. The van der Waals surface area contributed by atoms with Gasteiger partial charge in [-0.15, -0.1) is 0 Å². The number of hydrogen-bond donors (Lipinski definition) is 2. The summed E-state index contributed by atoms with van der Waals surface area (Å²) in [6.07, 6.45) is 0.853. The van der Waals surface area contributed by atoms with E-state index in [0.29, 0.717) is 5.56 Å². The van der Waals surface area contributed by atoms with Crippen molar-refractivity contribution in [3.8, 4) is 0 Å². The lowest BCUT2D eigenvalue weighted by Gasteiger charge is -2.33. The number of carboxylic acid groups (broad SMARTS) is 1. The van der Waals surface area contributed by atoms with Crippen molar-refractivity contribution in [3.63, 3.8) is 0 Å². The molecular weight excluding hydrogens is 230 g/mol. The lowest BCUT2D eigenvalue weighted by atomic mass is 9.89. The Morgan fingerprint density at radius 2 is 2.06 bits per heavy atom. The van der Waals surface area contributed by atoms with Crippen molar-refractivity contribution in [2.75, 3.05) is 13.7 Å². The Bertz CT molecular complexity index is 380. The average molecular weight is 251 g/mol. The van der Waals surface area contributed by atoms with E-state index < -0.39 is 11.5 Å². The van der Waals surface area contributed by atoms with E-state index >= 15 is 0 Å². The highest BCUT2D eigenvalue weighted by Crippen LogP contribution is 2.23. The first-order valence-electron chi connectivity index (χ1n) is 6.12. The van der Waals surface area contributed by atoms with E-state index in [1.165, 1.54) is 7.11 Å². The maximum absolute atomic E-state index is 11.7. The largest absolute Gasteiger partial charge is 0.480 e. The Morgan fingerprint density at radius 3 is 2.50 bits per heavy atom. The minimum atomic E-state index is -1.19. The minimum absolute atomic E-state index is 0.0939. The molecule has 18 heavy (non-hydrogen) atoms. The Labute approximate surface area is 108 Å². The molecule has 0 saturated carbocycles. The molecule has 2 unspecified atom stereocenters. The van der Waals surface area contributed by atoms with Crippen molar-refractivity contribution in [3.05, 3.63) is 35.9 Å². The number of carboxylic acids is 1. The van der Waals surface area contributed by atoms with Crippen LogP contribution in [0.25, 0.3) is 0 Å². The quantitative estimate of drug-likeness (QED) is 0.778. The van der Waals surface area contributed by atoms with Crippen LogP contribution >= 0.6 is 0 Å². The number of aliphatic carboxylic acids is 1. The first-order valence-corrected chi connectivity index (χ1v) is 6.12. The maximum Gasteiger partial charge on any atom is 0.331 e. The number of benzene rings is 1. The van der Waals surface area contributed by atoms with Gasteiger partial charge in [-0.1, -0.05) is 37.3 Å². The molecule has 0 aromatic heterocycles. The molecule has 0 amide bonds. The molecule has 0 fully saturated rings. The fraction of sp³-hybridized carbons (Fsp3) is 0.500. The van der Waals surface area contributed by atoms with Crippen LogP contribution in [0.4, 0.5) is 0 Å². The molecule has 2 atom stereocenters. The Balaban J connectivity index is 3.17. The first-order chi connectivity index (χ1) is 8.56. The summed E-state index contributed by atoms with van der Waals surface area (Å²) in [4.78, 5) is 11.7. The Kier molecular flexibility index (Phi) is 5.31. The molecule has 0 aliphatic heterocycles. The van der Waals surface area contributed by atoms with Gasteiger partial charge in [-0.3, -0.25) is 5.32 Å². The summed E-state index contributed by atoms with van der Waals surface area (Å²) in [5.41, 5.74) is -0.481. The molecule has 4 heteroatoms. The molecule has 0 heterocycles. The standard InChI is InChI=1S/C14H21NO3/c1-4-11(2)15-14(10-18-3,13(16)17)12-8-6-5-7-9-12/h5-9,11,15H,4,10H2,1-3H3,(H,16,17). The molecule has 1 aromatic carbocycles. The third kappa shape index (κ3) is 3.09. The summed E-state index contributed by atoms with van der Waals surface area (Å²) in [7, 11) is 1.51. The van der Waals surface area contributed by atoms with Gasteiger partial charge in [0.2, 0.25) is 0 Å². The van der Waals surface area contributed by atoms with Crippen LogP contribution in [0.1, 0.15) is 25.8 Å². The zero-order chi connectivity index (χ0) is 13.6. The smallest absolute Gasteiger partial charge is 0.331 e. The van der Waals surface area contributed by atoms with Crippen LogP contribution in [0, 0.1) is 0 Å². The van der Waals surface area contributed by atoms with Gasteiger partial charge in [0.15, 0.2) is 5.54 Å². The van der Waals surface area contributed by atoms with Crippen molar-refractivity contribution < 1.29 is 14.6 Å². The third-order valence-corrected chi connectivity index (χ3v) is 3.10. The molecule has 100 valence electrons. The highest BCUT2D eigenvalue weighted by Gasteiger charge is 2.41. The predicted octanol–water partition coefficient (Wildman–Crippen LogP) is 2.00. The van der Waals surface area contributed by atoms with Gasteiger partial charge in [-0.2, -0.15) is 0 Å². The molecule has 0 spiro atoms. The summed E-state index contributed by atoms with van der Waals surface area (Å²) < 4.78 is 5.13. The highest BCUT2D eigenvalue weighted by molar-refractivity contribution is 5.81. The topological polar surface area (TPSA) is 58.6 Å². The van der Waals surface area contributed by atoms with E-state index in [4.69, 9.17) is 4.74 Å². The predicted molar refractivity (Wildman–Crippen MR) is 70.5 cm³/mol. The van der Waals surface area contributed by atoms with Crippen molar-refractivity contribution >= 4 is 5.97 Å². The van der Waals surface area contributed by atoms with Gasteiger partial charge in [0.05, 0.1) is 6.61 Å². The molecule has 0 aliphatic carbocycles. The van der Waals surface area contributed by atoms with Crippen LogP contribution in [0.3, 0.4) is 0 Å². The molecule has 1 rings (SSSR count). The summed E-state index contributed by atoms with van der Waals surface area (Å²) >= 11 is 0. The fourth-order valence-corrected chi connectivity index (χ4v) is 1.92. The monoisotopic (exact) mass is 251 g/mol. The second-order valence-corrected chi connectivity index (χ2v) is 4.46. The van der Waals surface area contributed by atoms with Gasteiger partial charge >= 0.3 is 5.97 Å². The number of ether oxygens (including phenoxy) is 1. The number of rotatable bonds is 7. The summed E-state index contributed by atoms with van der Waals surface area (Å²) in [6, 6.07) is 9.25. The van der Waals surface area contributed by atoms with E-state index in [-0.39, 0.29) is 12.6 Å². The lowest BCUT2D eigenvalue weighted by Crippen LogP contribution is -2.55. The minimum Gasteiger partial charge on any atom is -0.480 e. The molecule has 2 N–H and O–H groups in total. The van der Waals surface area contributed by atoms with Crippen LogP contribution in [0.5, 0.6) is 0 Å². The van der Waals surface area contributed by atoms with E-state index in [2.05, 4.69) is 5.32 Å². The normalized spacial score (nSPS) is 15.9. The summed E-state index contributed by atoms with van der Waals surface area (Å²) in [5.74, 6) is -0.921. The van der Waals surface area contributed by atoms with E-state index in [1.807, 2.05) is 44.2 Å². The van der Waals surface area contributed by atoms with Crippen LogP contribution in [-0.4, -0.2) is 30.8 Å². The Hall–Kier alpha value is -1.39. The van der Waals surface area contributed by atoms with Crippen molar-refractivity contribution in [2.45, 2.75) is 31.8 Å². The second-order valence-electron chi connectivity index (χ2n) is 4.46. The van der Waals surface area contributed by atoms with Crippen molar-refractivity contribution in [2.24, 2.45) is 0 Å². The third-order valence-electron chi connectivity index (χ3n) is 3.10. The fourth-order valence-electron chi connectivity index (χ4n) is 1.92. The van der Waals surface area contributed by atoms with Crippen molar-refractivity contribution in [1.29, 1.82) is 0 Å². The van der Waals surface area contributed by atoms with Crippen LogP contribution in [0.2, 0.25) is 0 Å². The molecule has 0 radical (unpaired) electrons. The van der Waals surface area contributed by atoms with E-state index in [9.17, 15) is 9.90 Å². The summed E-state index contributed by atoms with van der Waals surface area (Å²) in [5, 5.41) is 12.8. The van der Waals surface area contributed by atoms with Gasteiger partial charge in [-0.05, 0) is 18.9 Å². The SMILES string of the molecule is CCC(C)NC(COC)(C(=O)O)c1ccccc1. The molecule has 0 aliphatic rings. The zero-order valence-electron chi connectivity index (χ0n) is 11.1. The number of carbonyl (C=O) groups is 1. The zero-order valence-corrected chi connectivity index (χ0v) is 11.1. The average Bonchev–Trinajstić information content (AvgIpc) is 2.38. The van der Waals surface area contributed by atoms with E-state index in [1.54, 1.807) is 0 Å². The maximum atomic E-state index is 11.7. The Morgan fingerprint density at radius 1 is 1.44 bits per heavy atom. The lowest BCUT2D eigenvalue weighted by molar-refractivity contribution is -0.148. The van der Waals surface area contributed by atoms with E-state index in [0.717, 1.165) is 6.42 Å². The van der Waals surface area contributed by atoms with Crippen LogP contribution in [0.15, 0.2) is 30.3 Å². The first kappa shape index (κ1) is 14.7. The molecule has 4 nitrogen and oxygen atoms in total. The van der Waals surface area contributed by atoms with Crippen LogP contribution in [-0.2, 0) is 15.1 Å². The second kappa shape index (κ2) is 6.52. The molecule has 0 bridgehead atoms. The van der Waals surface area contributed by atoms with Gasteiger partial charge < -0.3 is 9.84 Å². The molecule has 0 saturated heterocycles. The van der Waals surface area contributed by atoms with Gasteiger partial charge in [0.1, 0.15) is 0 Å². The molecular formula is C14H21NO3. The van der Waals surface area contributed by atoms with Gasteiger partial charge in [0, 0.05) is 13.2 Å². The highest BCUT2D eigenvalue weighted by atomic mass is 16.5. The van der Waals surface area contributed by atoms with Crippen LogP contribution < -0.4 is 5.32 Å². The van der Waals surface area contributed by atoms with Gasteiger partial charge in [-0.25, -0.2) is 4.79 Å². The number of nitrogens with one attached hydrogen (secondary N) is 1. The number of hydrogen-bond acceptors (Lipinski definition) is 3. The molecule has 1 aromatic rings.